The number of hydrogen-bond acceptors (Lipinski definition) is 5. The van der Waals surface area contributed by atoms with Crippen molar-refractivity contribution in [2.24, 2.45) is 0 Å². The number of hydrogen-bond donors (Lipinski definition) is 0. The highest BCUT2D eigenvalue weighted by atomic mass is 35.5. The van der Waals surface area contributed by atoms with E-state index in [0.717, 1.165) is 61.0 Å². The summed E-state index contributed by atoms with van der Waals surface area (Å²) in [6.45, 7) is 5.57. The molecule has 2 saturated heterocycles. The molecule has 1 unspecified atom stereocenters. The van der Waals surface area contributed by atoms with Crippen molar-refractivity contribution < 1.29 is 4.79 Å². The van der Waals surface area contributed by atoms with Crippen LogP contribution in [0.2, 0.25) is 10.0 Å². The Bertz CT molecular complexity index is 1230. The monoisotopic (exact) mass is 538 g/mol. The lowest BCUT2D eigenvalue weighted by Gasteiger charge is -2.35. The molecule has 1 atom stereocenters. The van der Waals surface area contributed by atoms with Gasteiger partial charge in [0.2, 0.25) is 0 Å². The number of amides is 1. The number of aromatic nitrogens is 1. The lowest BCUT2D eigenvalue weighted by molar-refractivity contribution is -0.126. The average molecular weight is 540 g/mol. The second-order valence-electron chi connectivity index (χ2n) is 8.96. The molecule has 5 nitrogen and oxygen atoms in total. The zero-order valence-corrected chi connectivity index (χ0v) is 22.2. The molecule has 2 aromatic carbocycles. The number of thioether (sulfide) groups is 1. The number of rotatable bonds is 7. The average Bonchev–Trinajstić information content (AvgIpc) is 3.20. The van der Waals surface area contributed by atoms with Crippen LogP contribution in [0, 0.1) is 0 Å². The van der Waals surface area contributed by atoms with Crippen LogP contribution in [0.25, 0.3) is 6.08 Å². The lowest BCUT2D eigenvalue weighted by atomic mass is 10.2. The highest BCUT2D eigenvalue weighted by Gasteiger charge is 2.37. The molecule has 36 heavy (non-hydrogen) atoms. The maximum Gasteiger partial charge on any atom is 0.261 e. The molecule has 2 aliphatic rings. The highest BCUT2D eigenvalue weighted by Crippen LogP contribution is 2.46. The third-order valence-corrected chi connectivity index (χ3v) is 8.26. The maximum atomic E-state index is 13.5. The molecule has 0 radical (unpaired) electrons. The van der Waals surface area contributed by atoms with Gasteiger partial charge in [-0.25, -0.2) is 4.98 Å². The molecule has 186 valence electrons. The van der Waals surface area contributed by atoms with Crippen molar-refractivity contribution in [1.29, 1.82) is 0 Å². The molecule has 8 heteroatoms. The van der Waals surface area contributed by atoms with E-state index in [-0.39, 0.29) is 11.3 Å². The van der Waals surface area contributed by atoms with E-state index in [4.69, 9.17) is 23.2 Å². The number of halogens is 2. The summed E-state index contributed by atoms with van der Waals surface area (Å²) >= 11 is 14.0. The minimum Gasteiger partial charge on any atom is -0.354 e. The van der Waals surface area contributed by atoms with Crippen molar-refractivity contribution in [2.45, 2.75) is 11.8 Å². The van der Waals surface area contributed by atoms with Crippen molar-refractivity contribution in [3.63, 3.8) is 0 Å². The van der Waals surface area contributed by atoms with Gasteiger partial charge in [-0.15, -0.1) is 0 Å². The Labute approximate surface area is 226 Å². The first-order valence-electron chi connectivity index (χ1n) is 12.2. The van der Waals surface area contributed by atoms with Gasteiger partial charge in [-0.05, 0) is 66.6 Å². The Morgan fingerprint density at radius 1 is 0.917 bits per heavy atom. The van der Waals surface area contributed by atoms with Gasteiger partial charge in [0.1, 0.15) is 11.2 Å². The van der Waals surface area contributed by atoms with E-state index in [1.165, 1.54) is 0 Å². The van der Waals surface area contributed by atoms with Crippen LogP contribution in [0.5, 0.6) is 0 Å². The number of anilines is 1. The van der Waals surface area contributed by atoms with E-state index in [0.29, 0.717) is 16.6 Å². The fourth-order valence-corrected chi connectivity index (χ4v) is 6.33. The lowest BCUT2D eigenvalue weighted by Crippen LogP contribution is -2.47. The summed E-state index contributed by atoms with van der Waals surface area (Å²) in [5, 5.41) is 1.24. The first kappa shape index (κ1) is 25.2. The summed E-state index contributed by atoms with van der Waals surface area (Å²) in [6.07, 6.45) is 4.70. The van der Waals surface area contributed by atoms with Crippen molar-refractivity contribution in [3.8, 4) is 0 Å². The molecule has 1 amide bonds. The number of nitrogens with zero attached hydrogens (tertiary/aromatic N) is 4. The molecule has 5 rings (SSSR count). The second kappa shape index (κ2) is 11.7. The van der Waals surface area contributed by atoms with Crippen molar-refractivity contribution >= 4 is 52.8 Å². The molecule has 3 heterocycles. The summed E-state index contributed by atoms with van der Waals surface area (Å²) in [7, 11) is 0. The van der Waals surface area contributed by atoms with E-state index in [1.807, 2.05) is 77.8 Å². The number of carbonyl (C=O) groups is 1. The summed E-state index contributed by atoms with van der Waals surface area (Å²) in [6, 6.07) is 21.4. The molecule has 0 N–H and O–H groups in total. The van der Waals surface area contributed by atoms with Gasteiger partial charge in [-0.3, -0.25) is 9.69 Å². The largest absolute Gasteiger partial charge is 0.354 e. The zero-order valence-electron chi connectivity index (χ0n) is 19.9. The van der Waals surface area contributed by atoms with Crippen molar-refractivity contribution in [1.82, 2.24) is 14.8 Å². The molecule has 0 saturated carbocycles. The Hall–Kier alpha value is -2.51. The van der Waals surface area contributed by atoms with E-state index < -0.39 is 0 Å². The van der Waals surface area contributed by atoms with Gasteiger partial charge < -0.3 is 9.80 Å². The molecular weight excluding hydrogens is 511 g/mol. The molecule has 0 spiro atoms. The van der Waals surface area contributed by atoms with E-state index >= 15 is 0 Å². The summed E-state index contributed by atoms with van der Waals surface area (Å²) in [5.74, 6) is 1.10. The van der Waals surface area contributed by atoms with Gasteiger partial charge in [0.25, 0.3) is 5.91 Å². The van der Waals surface area contributed by atoms with Gasteiger partial charge >= 0.3 is 0 Å². The predicted molar refractivity (Wildman–Crippen MR) is 150 cm³/mol. The molecule has 2 fully saturated rings. The first-order valence-corrected chi connectivity index (χ1v) is 13.8. The molecule has 0 bridgehead atoms. The SMILES string of the molecule is O=C1C(=Cc2cccc(Cl)c2)SC(c2cccc(Cl)c2)N1CCCN1CCN(c2ccccn2)CC1. The Morgan fingerprint density at radius 2 is 1.69 bits per heavy atom. The maximum absolute atomic E-state index is 13.5. The minimum atomic E-state index is -0.0948. The molecular formula is C28H28Cl2N4OS. The van der Waals surface area contributed by atoms with E-state index in [1.54, 1.807) is 11.8 Å². The molecule has 1 aromatic heterocycles. The van der Waals surface area contributed by atoms with Crippen LogP contribution in [0.1, 0.15) is 22.9 Å². The van der Waals surface area contributed by atoms with Crippen LogP contribution in [-0.2, 0) is 4.79 Å². The van der Waals surface area contributed by atoms with Crippen molar-refractivity contribution in [3.05, 3.63) is 99.0 Å². The number of benzene rings is 2. The number of carbonyl (C=O) groups excluding carboxylic acids is 1. The number of piperazine rings is 1. The zero-order chi connectivity index (χ0) is 24.9. The van der Waals surface area contributed by atoms with Gasteiger partial charge in [0.15, 0.2) is 0 Å². The third-order valence-electron chi connectivity index (χ3n) is 6.49. The quantitative estimate of drug-likeness (QED) is 0.334. The van der Waals surface area contributed by atoms with Gasteiger partial charge in [-0.1, -0.05) is 65.3 Å². The number of pyridine rings is 1. The summed E-state index contributed by atoms with van der Waals surface area (Å²) in [4.78, 5) is 25.5. The van der Waals surface area contributed by atoms with Gasteiger partial charge in [0.05, 0.1) is 4.91 Å². The highest BCUT2D eigenvalue weighted by molar-refractivity contribution is 8.04. The summed E-state index contributed by atoms with van der Waals surface area (Å²) in [5.41, 5.74) is 1.97. The van der Waals surface area contributed by atoms with Crippen LogP contribution in [0.4, 0.5) is 5.82 Å². The topological polar surface area (TPSA) is 39.7 Å². The first-order chi connectivity index (χ1) is 17.6. The smallest absolute Gasteiger partial charge is 0.261 e. The van der Waals surface area contributed by atoms with Crippen LogP contribution < -0.4 is 4.90 Å². The normalized spacial score (nSPS) is 19.9. The summed E-state index contributed by atoms with van der Waals surface area (Å²) < 4.78 is 0. The Kier molecular flexibility index (Phi) is 8.17. The molecule has 2 aliphatic heterocycles. The van der Waals surface area contributed by atoms with E-state index in [2.05, 4.69) is 20.9 Å². The standard InChI is InChI=1S/C28H28Cl2N4OS/c29-23-8-3-6-21(18-23)19-25-27(35)34(28(36-25)22-7-4-9-24(30)20-22)13-5-12-32-14-16-33(17-15-32)26-10-1-2-11-31-26/h1-4,6-11,18-20,28H,5,12-17H2. The van der Waals surface area contributed by atoms with Gasteiger partial charge in [-0.2, -0.15) is 0 Å². The second-order valence-corrected chi connectivity index (χ2v) is 11.0. The van der Waals surface area contributed by atoms with Crippen LogP contribution in [0.15, 0.2) is 77.8 Å². The van der Waals surface area contributed by atoms with Crippen LogP contribution in [0.3, 0.4) is 0 Å². The Morgan fingerprint density at radius 3 is 2.42 bits per heavy atom. The van der Waals surface area contributed by atoms with E-state index in [9.17, 15) is 4.79 Å². The minimum absolute atomic E-state index is 0.0601. The third kappa shape index (κ3) is 6.06. The van der Waals surface area contributed by atoms with Crippen LogP contribution in [-0.4, -0.2) is 60.0 Å². The molecule has 0 aliphatic carbocycles. The van der Waals surface area contributed by atoms with Gasteiger partial charge in [0, 0.05) is 49.0 Å². The fourth-order valence-electron chi connectivity index (χ4n) is 4.66. The Balaban J connectivity index is 1.24. The van der Waals surface area contributed by atoms with Crippen LogP contribution >= 0.6 is 35.0 Å². The van der Waals surface area contributed by atoms with Crippen molar-refractivity contribution in [2.75, 3.05) is 44.2 Å². The predicted octanol–water partition coefficient (Wildman–Crippen LogP) is 6.22. The molecule has 3 aromatic rings. The fraction of sp³-hybridized carbons (Fsp3) is 0.286.